The number of unbranched alkanes of at least 4 members (excludes halogenated alkanes) is 2. The van der Waals surface area contributed by atoms with Crippen molar-refractivity contribution in [2.45, 2.75) is 69.4 Å². The summed E-state index contributed by atoms with van der Waals surface area (Å²) in [4.78, 5) is 40.4. The maximum atomic E-state index is 13.5. The molecule has 0 spiro atoms. The van der Waals surface area contributed by atoms with Gasteiger partial charge in [0.25, 0.3) is 0 Å². The second-order valence-electron chi connectivity index (χ2n) is 12.6. The van der Waals surface area contributed by atoms with Gasteiger partial charge in [0.2, 0.25) is 27.7 Å². The van der Waals surface area contributed by atoms with Crippen LogP contribution in [0, 0.1) is 5.92 Å². The van der Waals surface area contributed by atoms with Gasteiger partial charge in [0.05, 0.1) is 41.9 Å². The molecule has 3 amide bonds. The van der Waals surface area contributed by atoms with Gasteiger partial charge in [-0.05, 0) is 62.2 Å². The van der Waals surface area contributed by atoms with Gasteiger partial charge in [0.1, 0.15) is 11.9 Å². The Morgan fingerprint density at radius 1 is 1.00 bits per heavy atom. The van der Waals surface area contributed by atoms with E-state index in [2.05, 4.69) is 10.6 Å². The van der Waals surface area contributed by atoms with Gasteiger partial charge >= 0.3 is 0 Å². The molecular weight excluding hydrogens is 646 g/mol. The number of rotatable bonds is 14. The first-order valence-electron chi connectivity index (χ1n) is 16.5. The molecule has 264 valence electrons. The molecule has 3 aromatic carbocycles. The third-order valence-electron chi connectivity index (χ3n) is 8.63. The summed E-state index contributed by atoms with van der Waals surface area (Å²) >= 11 is 0. The highest BCUT2D eigenvalue weighted by molar-refractivity contribution is 7.89. The highest BCUT2D eigenvalue weighted by atomic mass is 32.2. The molecule has 0 unspecified atom stereocenters. The zero-order valence-corrected chi connectivity index (χ0v) is 29.1. The first-order valence-corrected chi connectivity index (χ1v) is 18.0. The SMILES string of the molecule is C[C@@H]1CN([C@H](C)CO)C(=O)Cc2cc(NC(=O)CCCCCC(=O)Nc3ccccc3N)ccc2O[C@H]1CN(C)S(=O)(=O)c1ccccc1. The Kier molecular flexibility index (Phi) is 13.2. The fourth-order valence-corrected chi connectivity index (χ4v) is 6.85. The minimum atomic E-state index is -3.80. The lowest BCUT2D eigenvalue weighted by Gasteiger charge is -2.33. The van der Waals surface area contributed by atoms with E-state index in [0.29, 0.717) is 54.1 Å². The van der Waals surface area contributed by atoms with Crippen molar-refractivity contribution in [3.05, 3.63) is 78.4 Å². The first-order chi connectivity index (χ1) is 23.4. The number of para-hydroxylation sites is 2. The van der Waals surface area contributed by atoms with E-state index in [1.807, 2.05) is 6.92 Å². The highest BCUT2D eigenvalue weighted by Crippen LogP contribution is 2.30. The lowest BCUT2D eigenvalue weighted by atomic mass is 10.0. The number of amides is 3. The Morgan fingerprint density at radius 2 is 1.65 bits per heavy atom. The quantitative estimate of drug-likeness (QED) is 0.143. The van der Waals surface area contributed by atoms with E-state index in [1.165, 1.54) is 23.5 Å². The minimum Gasteiger partial charge on any atom is -0.488 e. The molecule has 4 rings (SSSR count). The topological polar surface area (TPSA) is 171 Å². The number of benzene rings is 3. The molecule has 5 N–H and O–H groups in total. The van der Waals surface area contributed by atoms with Gasteiger partial charge in [0, 0.05) is 43.6 Å². The molecule has 0 saturated heterocycles. The Hall–Kier alpha value is -4.46. The molecule has 0 aliphatic carbocycles. The van der Waals surface area contributed by atoms with E-state index in [-0.39, 0.29) is 61.1 Å². The number of nitrogen functional groups attached to an aromatic ring is 1. The van der Waals surface area contributed by atoms with Crippen molar-refractivity contribution in [2.75, 3.05) is 43.1 Å². The monoisotopic (exact) mass is 693 g/mol. The van der Waals surface area contributed by atoms with E-state index < -0.39 is 22.2 Å². The molecule has 12 nitrogen and oxygen atoms in total. The molecule has 3 atom stereocenters. The van der Waals surface area contributed by atoms with E-state index in [4.69, 9.17) is 10.5 Å². The second-order valence-corrected chi connectivity index (χ2v) is 14.6. The molecule has 0 fully saturated rings. The van der Waals surface area contributed by atoms with Crippen LogP contribution in [0.25, 0.3) is 0 Å². The van der Waals surface area contributed by atoms with Crippen molar-refractivity contribution in [1.82, 2.24) is 9.21 Å². The van der Waals surface area contributed by atoms with E-state index in [9.17, 15) is 27.9 Å². The normalized spacial score (nSPS) is 17.2. The number of carbonyl (C=O) groups excluding carboxylic acids is 3. The number of nitrogens with one attached hydrogen (secondary N) is 2. The largest absolute Gasteiger partial charge is 0.488 e. The molecule has 0 bridgehead atoms. The molecule has 0 radical (unpaired) electrons. The van der Waals surface area contributed by atoms with Crippen LogP contribution in [0.4, 0.5) is 17.1 Å². The molecule has 0 saturated carbocycles. The Labute approximate surface area is 288 Å². The summed E-state index contributed by atoms with van der Waals surface area (Å²) in [5, 5.41) is 15.6. The van der Waals surface area contributed by atoms with Crippen LogP contribution in [-0.4, -0.2) is 79.3 Å². The van der Waals surface area contributed by atoms with Crippen LogP contribution in [0.2, 0.25) is 0 Å². The van der Waals surface area contributed by atoms with E-state index in [1.54, 1.807) is 72.5 Å². The number of ether oxygens (including phenoxy) is 1. The highest BCUT2D eigenvalue weighted by Gasteiger charge is 2.33. The fraction of sp³-hybridized carbons (Fsp3) is 0.417. The number of aliphatic hydroxyl groups excluding tert-OH is 1. The van der Waals surface area contributed by atoms with Crippen molar-refractivity contribution in [3.63, 3.8) is 0 Å². The molecule has 1 aliphatic rings. The van der Waals surface area contributed by atoms with Crippen LogP contribution in [0.3, 0.4) is 0 Å². The summed E-state index contributed by atoms with van der Waals surface area (Å²) in [6.07, 6.45) is 1.80. The second kappa shape index (κ2) is 17.3. The molecule has 1 heterocycles. The number of aliphatic hydroxyl groups is 1. The minimum absolute atomic E-state index is 0.0217. The van der Waals surface area contributed by atoms with Gasteiger partial charge in [-0.15, -0.1) is 0 Å². The average molecular weight is 694 g/mol. The maximum absolute atomic E-state index is 13.5. The molecule has 49 heavy (non-hydrogen) atoms. The summed E-state index contributed by atoms with van der Waals surface area (Å²) in [6, 6.07) is 19.8. The number of anilines is 3. The molecular formula is C36H47N5O7S. The Morgan fingerprint density at radius 3 is 2.33 bits per heavy atom. The summed E-state index contributed by atoms with van der Waals surface area (Å²) < 4.78 is 34.4. The van der Waals surface area contributed by atoms with Gasteiger partial charge in [-0.25, -0.2) is 8.42 Å². The maximum Gasteiger partial charge on any atom is 0.242 e. The smallest absolute Gasteiger partial charge is 0.242 e. The van der Waals surface area contributed by atoms with E-state index in [0.717, 1.165) is 0 Å². The van der Waals surface area contributed by atoms with Crippen LogP contribution < -0.4 is 21.1 Å². The van der Waals surface area contributed by atoms with Crippen molar-refractivity contribution in [3.8, 4) is 5.75 Å². The van der Waals surface area contributed by atoms with Gasteiger partial charge < -0.3 is 31.1 Å². The lowest BCUT2D eigenvalue weighted by Crippen LogP contribution is -2.48. The number of fused-ring (bicyclic) bond motifs is 1. The zero-order valence-electron chi connectivity index (χ0n) is 28.3. The number of nitrogens with zero attached hydrogens (tertiary/aromatic N) is 2. The molecule has 3 aromatic rings. The number of nitrogens with two attached hydrogens (primary N) is 1. The standard InChI is InChI=1S/C36H47N5O7S/c1-25-22-41(26(2)24-42)36(45)21-27-20-28(38-34(43)16-8-5-9-17-35(44)39-31-15-11-10-14-30(31)37)18-19-32(27)48-33(25)23-40(3)49(46,47)29-12-6-4-7-13-29/h4,6-7,10-15,18-20,25-26,33,42H,5,8-9,16-17,21-24,37H2,1-3H3,(H,38,43)(H,39,44)/t25-,26-,33+/m1/s1. The third-order valence-corrected chi connectivity index (χ3v) is 10.5. The van der Waals surface area contributed by atoms with Crippen molar-refractivity contribution in [2.24, 2.45) is 5.92 Å². The third kappa shape index (κ3) is 10.3. The van der Waals surface area contributed by atoms with Crippen LogP contribution in [-0.2, 0) is 30.8 Å². The van der Waals surface area contributed by atoms with Crippen molar-refractivity contribution in [1.29, 1.82) is 0 Å². The van der Waals surface area contributed by atoms with Crippen molar-refractivity contribution < 1.29 is 32.6 Å². The summed E-state index contributed by atoms with van der Waals surface area (Å²) in [5.41, 5.74) is 7.99. The predicted molar refractivity (Wildman–Crippen MR) is 189 cm³/mol. The van der Waals surface area contributed by atoms with Gasteiger partial charge in [-0.2, -0.15) is 4.31 Å². The van der Waals surface area contributed by atoms with Crippen LogP contribution >= 0.6 is 0 Å². The van der Waals surface area contributed by atoms with Gasteiger partial charge in [-0.1, -0.05) is 43.7 Å². The van der Waals surface area contributed by atoms with Crippen LogP contribution in [0.15, 0.2) is 77.7 Å². The number of sulfonamides is 1. The van der Waals surface area contributed by atoms with Crippen molar-refractivity contribution >= 4 is 44.8 Å². The molecule has 1 aliphatic heterocycles. The van der Waals surface area contributed by atoms with E-state index >= 15 is 0 Å². The van der Waals surface area contributed by atoms with Gasteiger partial charge in [0.15, 0.2) is 0 Å². The number of hydrogen-bond donors (Lipinski definition) is 4. The number of carbonyl (C=O) groups is 3. The number of hydrogen-bond acceptors (Lipinski definition) is 8. The summed E-state index contributed by atoms with van der Waals surface area (Å²) in [7, 11) is -2.30. The van der Waals surface area contributed by atoms with Gasteiger partial charge in [-0.3, -0.25) is 14.4 Å². The molecule has 0 aromatic heterocycles. The first kappa shape index (κ1) is 37.4. The van der Waals surface area contributed by atoms with Crippen LogP contribution in [0.5, 0.6) is 5.75 Å². The Balaban J connectivity index is 1.40. The van der Waals surface area contributed by atoms with Crippen LogP contribution in [0.1, 0.15) is 51.5 Å². The summed E-state index contributed by atoms with van der Waals surface area (Å²) in [5.74, 6) is -0.427. The average Bonchev–Trinajstić information content (AvgIpc) is 3.12. The summed E-state index contributed by atoms with van der Waals surface area (Å²) in [6.45, 7) is 3.69. The fourth-order valence-electron chi connectivity index (χ4n) is 5.64. The predicted octanol–water partition coefficient (Wildman–Crippen LogP) is 4.27. The number of likely N-dealkylation sites (N-methyl/N-ethyl adjacent to an activating group) is 1. The zero-order chi connectivity index (χ0) is 35.6. The lowest BCUT2D eigenvalue weighted by molar-refractivity contribution is -0.134. The Bertz CT molecular complexity index is 1700. The molecule has 13 heteroatoms.